The maximum Gasteiger partial charge on any atom is 0.306 e. The quantitative estimate of drug-likeness (QED) is 0.674. The summed E-state index contributed by atoms with van der Waals surface area (Å²) in [5, 5.41) is 0. The largest absolute Gasteiger partial charge is 0.466 e. The number of esters is 1. The van der Waals surface area contributed by atoms with Crippen molar-refractivity contribution in [3.63, 3.8) is 0 Å². The number of carbonyl (C=O) groups excluding carboxylic acids is 2. The van der Waals surface area contributed by atoms with Crippen LogP contribution in [0.25, 0.3) is 0 Å². The predicted molar refractivity (Wildman–Crippen MR) is 79.5 cm³/mol. The van der Waals surface area contributed by atoms with E-state index in [9.17, 15) is 9.59 Å². The van der Waals surface area contributed by atoms with Crippen molar-refractivity contribution in [1.29, 1.82) is 0 Å². The molecule has 0 saturated carbocycles. The van der Waals surface area contributed by atoms with Crippen LogP contribution in [-0.2, 0) is 14.3 Å². The van der Waals surface area contributed by atoms with Crippen LogP contribution in [0.3, 0.4) is 0 Å². The standard InChI is InChI=1S/C16H29NO3/c1-4-20-16(19)8-7-15(18)12-17-10-5-6-14(9-11-17)13(2)3/h13-14H,4-12H2,1-3H3. The molecule has 0 spiro atoms. The molecule has 4 nitrogen and oxygen atoms in total. The van der Waals surface area contributed by atoms with Gasteiger partial charge in [0, 0.05) is 6.42 Å². The van der Waals surface area contributed by atoms with Crippen molar-refractivity contribution in [1.82, 2.24) is 4.90 Å². The minimum atomic E-state index is -0.267. The van der Waals surface area contributed by atoms with Crippen LogP contribution in [-0.4, -0.2) is 42.9 Å². The number of carbonyl (C=O) groups is 2. The van der Waals surface area contributed by atoms with E-state index in [0.29, 0.717) is 19.6 Å². The molecule has 0 aromatic rings. The highest BCUT2D eigenvalue weighted by atomic mass is 16.5. The smallest absolute Gasteiger partial charge is 0.306 e. The van der Waals surface area contributed by atoms with Crippen LogP contribution in [0.15, 0.2) is 0 Å². The molecular weight excluding hydrogens is 254 g/mol. The number of rotatable bonds is 7. The first kappa shape index (κ1) is 17.2. The lowest BCUT2D eigenvalue weighted by atomic mass is 9.89. The van der Waals surface area contributed by atoms with Crippen LogP contribution < -0.4 is 0 Å². The van der Waals surface area contributed by atoms with Gasteiger partial charge in [-0.25, -0.2) is 0 Å². The van der Waals surface area contributed by atoms with Gasteiger partial charge in [0.05, 0.1) is 19.6 Å². The molecule has 0 aromatic heterocycles. The fourth-order valence-corrected chi connectivity index (χ4v) is 2.81. The highest BCUT2D eigenvalue weighted by molar-refractivity contribution is 5.84. The Morgan fingerprint density at radius 1 is 1.20 bits per heavy atom. The maximum atomic E-state index is 11.9. The second-order valence-corrected chi connectivity index (χ2v) is 6.05. The number of likely N-dealkylation sites (tertiary alicyclic amines) is 1. The topological polar surface area (TPSA) is 46.6 Å². The fraction of sp³-hybridized carbons (Fsp3) is 0.875. The average molecular weight is 283 g/mol. The lowest BCUT2D eigenvalue weighted by molar-refractivity contribution is -0.144. The molecule has 1 heterocycles. The van der Waals surface area contributed by atoms with Gasteiger partial charge in [-0.2, -0.15) is 0 Å². The third kappa shape index (κ3) is 6.51. The number of ether oxygens (including phenoxy) is 1. The van der Waals surface area contributed by atoms with E-state index in [2.05, 4.69) is 18.7 Å². The maximum absolute atomic E-state index is 11.9. The Morgan fingerprint density at radius 2 is 1.95 bits per heavy atom. The SMILES string of the molecule is CCOC(=O)CCC(=O)CN1CCCC(C(C)C)CC1. The molecule has 1 aliphatic heterocycles. The van der Waals surface area contributed by atoms with Crippen LogP contribution in [0, 0.1) is 11.8 Å². The third-order valence-corrected chi connectivity index (χ3v) is 4.12. The van der Waals surface area contributed by atoms with Crippen LogP contribution in [0.2, 0.25) is 0 Å². The number of nitrogens with zero attached hydrogens (tertiary/aromatic N) is 1. The van der Waals surface area contributed by atoms with Crippen LogP contribution in [0.1, 0.15) is 52.9 Å². The third-order valence-electron chi connectivity index (χ3n) is 4.12. The van der Waals surface area contributed by atoms with Crippen molar-refractivity contribution in [2.75, 3.05) is 26.2 Å². The Labute approximate surface area is 122 Å². The van der Waals surface area contributed by atoms with E-state index in [0.717, 1.165) is 24.9 Å². The number of ketones is 1. The zero-order chi connectivity index (χ0) is 15.0. The number of hydrogen-bond donors (Lipinski definition) is 0. The van der Waals surface area contributed by atoms with Gasteiger partial charge in [-0.15, -0.1) is 0 Å². The Morgan fingerprint density at radius 3 is 2.60 bits per heavy atom. The van der Waals surface area contributed by atoms with Gasteiger partial charge in [0.25, 0.3) is 0 Å². The monoisotopic (exact) mass is 283 g/mol. The molecule has 0 bridgehead atoms. The molecule has 4 heteroatoms. The first-order valence-electron chi connectivity index (χ1n) is 7.92. The lowest BCUT2D eigenvalue weighted by Crippen LogP contribution is -2.31. The summed E-state index contributed by atoms with van der Waals surface area (Å²) in [5.74, 6) is 1.40. The zero-order valence-electron chi connectivity index (χ0n) is 13.2. The summed E-state index contributed by atoms with van der Waals surface area (Å²) in [7, 11) is 0. The normalized spacial score (nSPS) is 20.7. The summed E-state index contributed by atoms with van der Waals surface area (Å²) in [4.78, 5) is 25.4. The second kappa shape index (κ2) is 9.11. The summed E-state index contributed by atoms with van der Waals surface area (Å²) < 4.78 is 4.84. The van der Waals surface area contributed by atoms with Gasteiger partial charge in [-0.3, -0.25) is 14.5 Å². The molecule has 1 aliphatic rings. The van der Waals surface area contributed by atoms with Crippen LogP contribution >= 0.6 is 0 Å². The van der Waals surface area contributed by atoms with Crippen molar-refractivity contribution in [2.45, 2.75) is 52.9 Å². The molecule has 1 rings (SSSR count). The van der Waals surface area contributed by atoms with Crippen LogP contribution in [0.5, 0.6) is 0 Å². The van der Waals surface area contributed by atoms with Gasteiger partial charge in [0.15, 0.2) is 0 Å². The number of hydrogen-bond acceptors (Lipinski definition) is 4. The average Bonchev–Trinajstić information content (AvgIpc) is 2.62. The number of Topliss-reactive ketones (excluding diaryl/α,β-unsaturated/α-hetero) is 1. The van der Waals surface area contributed by atoms with Gasteiger partial charge < -0.3 is 4.74 Å². The fourth-order valence-electron chi connectivity index (χ4n) is 2.81. The highest BCUT2D eigenvalue weighted by Crippen LogP contribution is 2.24. The summed E-state index contributed by atoms with van der Waals surface area (Å²) in [6.07, 6.45) is 4.15. The highest BCUT2D eigenvalue weighted by Gasteiger charge is 2.20. The Bertz CT molecular complexity index is 315. The summed E-state index contributed by atoms with van der Waals surface area (Å²) in [5.41, 5.74) is 0. The van der Waals surface area contributed by atoms with E-state index in [1.165, 1.54) is 19.3 Å². The molecule has 0 aromatic carbocycles. The molecule has 20 heavy (non-hydrogen) atoms. The van der Waals surface area contributed by atoms with Crippen molar-refractivity contribution in [3.05, 3.63) is 0 Å². The molecule has 0 radical (unpaired) electrons. The lowest BCUT2D eigenvalue weighted by Gasteiger charge is -2.20. The van der Waals surface area contributed by atoms with Crippen LogP contribution in [0.4, 0.5) is 0 Å². The predicted octanol–water partition coefficient (Wildman–Crippen LogP) is 2.66. The zero-order valence-corrected chi connectivity index (χ0v) is 13.2. The molecule has 1 unspecified atom stereocenters. The molecule has 1 fully saturated rings. The minimum Gasteiger partial charge on any atom is -0.466 e. The van der Waals surface area contributed by atoms with Gasteiger partial charge in [0.2, 0.25) is 0 Å². The van der Waals surface area contributed by atoms with Crippen molar-refractivity contribution < 1.29 is 14.3 Å². The minimum absolute atomic E-state index is 0.154. The first-order valence-corrected chi connectivity index (χ1v) is 7.92. The molecule has 1 saturated heterocycles. The summed E-state index contributed by atoms with van der Waals surface area (Å²) in [6.45, 7) is 9.24. The summed E-state index contributed by atoms with van der Waals surface area (Å²) >= 11 is 0. The Hall–Kier alpha value is -0.900. The van der Waals surface area contributed by atoms with Crippen molar-refractivity contribution >= 4 is 11.8 Å². The van der Waals surface area contributed by atoms with Crippen molar-refractivity contribution in [2.24, 2.45) is 11.8 Å². The Kier molecular flexibility index (Phi) is 7.82. The molecule has 0 N–H and O–H groups in total. The van der Waals surface area contributed by atoms with E-state index in [1.54, 1.807) is 6.92 Å². The van der Waals surface area contributed by atoms with Gasteiger partial charge >= 0.3 is 5.97 Å². The van der Waals surface area contributed by atoms with Crippen molar-refractivity contribution in [3.8, 4) is 0 Å². The molecule has 0 aliphatic carbocycles. The van der Waals surface area contributed by atoms with Gasteiger partial charge in [0.1, 0.15) is 5.78 Å². The van der Waals surface area contributed by atoms with E-state index >= 15 is 0 Å². The Balaban J connectivity index is 2.26. The van der Waals surface area contributed by atoms with E-state index in [4.69, 9.17) is 4.74 Å². The molecule has 116 valence electrons. The molecule has 1 atom stereocenters. The second-order valence-electron chi connectivity index (χ2n) is 6.05. The first-order chi connectivity index (χ1) is 9.52. The van der Waals surface area contributed by atoms with Gasteiger partial charge in [-0.1, -0.05) is 13.8 Å². The summed E-state index contributed by atoms with van der Waals surface area (Å²) in [6, 6.07) is 0. The van der Waals surface area contributed by atoms with E-state index in [-0.39, 0.29) is 18.2 Å². The molecule has 0 amide bonds. The van der Waals surface area contributed by atoms with Gasteiger partial charge in [-0.05, 0) is 51.1 Å². The van der Waals surface area contributed by atoms with E-state index < -0.39 is 0 Å². The molecular formula is C16H29NO3. The van der Waals surface area contributed by atoms with E-state index in [1.807, 2.05) is 0 Å².